The first-order valence-corrected chi connectivity index (χ1v) is 7.25. The number of hydrogen-bond donors (Lipinski definition) is 1. The first-order chi connectivity index (χ1) is 8.00. The van der Waals surface area contributed by atoms with Crippen molar-refractivity contribution in [2.24, 2.45) is 0 Å². The summed E-state index contributed by atoms with van der Waals surface area (Å²) in [5.41, 5.74) is 0. The van der Waals surface area contributed by atoms with E-state index in [9.17, 15) is 8.42 Å². The van der Waals surface area contributed by atoms with E-state index in [0.717, 1.165) is 4.46 Å². The zero-order valence-corrected chi connectivity index (χ0v) is 11.4. The van der Waals surface area contributed by atoms with Gasteiger partial charge in [0.25, 0.3) is 0 Å². The molecule has 0 aliphatic rings. The molecule has 0 bridgehead atoms. The van der Waals surface area contributed by atoms with Crippen LogP contribution >= 0.6 is 0 Å². The summed E-state index contributed by atoms with van der Waals surface area (Å²) in [5, 5.41) is 9.13. The fourth-order valence-electron chi connectivity index (χ4n) is 1.39. The summed E-state index contributed by atoms with van der Waals surface area (Å²) in [6.07, 6.45) is 0. The van der Waals surface area contributed by atoms with Crippen LogP contribution < -0.4 is 4.46 Å². The molecule has 0 spiro atoms. The SMILES string of the molecule is O=S(=O)(c1ccc(O)cc1)c1ccc([SeH])cc1. The Morgan fingerprint density at radius 2 is 1.24 bits per heavy atom. The van der Waals surface area contributed by atoms with Crippen LogP contribution in [0.25, 0.3) is 0 Å². The Balaban J connectivity index is 2.50. The molecule has 17 heavy (non-hydrogen) atoms. The monoisotopic (exact) mass is 314 g/mol. The fraction of sp³-hybridized carbons (Fsp3) is 0. The van der Waals surface area contributed by atoms with Gasteiger partial charge in [-0.15, -0.1) is 0 Å². The van der Waals surface area contributed by atoms with Crippen LogP contribution in [0, 0.1) is 0 Å². The second-order valence-electron chi connectivity index (χ2n) is 3.49. The summed E-state index contributed by atoms with van der Waals surface area (Å²) in [6.45, 7) is 0. The Kier molecular flexibility index (Phi) is 3.24. The molecule has 0 aromatic heterocycles. The quantitative estimate of drug-likeness (QED) is 0.833. The number of sulfone groups is 1. The summed E-state index contributed by atoms with van der Waals surface area (Å²) in [5.74, 6) is 0.0464. The van der Waals surface area contributed by atoms with Crippen molar-refractivity contribution in [2.45, 2.75) is 9.79 Å². The van der Waals surface area contributed by atoms with Gasteiger partial charge in [-0.05, 0) is 0 Å². The number of hydrogen-bond acceptors (Lipinski definition) is 3. The third-order valence-corrected chi connectivity index (χ3v) is 4.71. The third-order valence-electron chi connectivity index (χ3n) is 2.29. The van der Waals surface area contributed by atoms with Crippen molar-refractivity contribution in [3.05, 3.63) is 48.5 Å². The Labute approximate surface area is 108 Å². The van der Waals surface area contributed by atoms with Crippen molar-refractivity contribution in [1.82, 2.24) is 0 Å². The van der Waals surface area contributed by atoms with E-state index in [1.165, 1.54) is 24.3 Å². The molecule has 2 rings (SSSR count). The first kappa shape index (κ1) is 12.2. The molecule has 0 aliphatic carbocycles. The number of phenolic OH excluding ortho intramolecular Hbond substituents is 1. The van der Waals surface area contributed by atoms with Gasteiger partial charge in [0, 0.05) is 0 Å². The first-order valence-electron chi connectivity index (χ1n) is 4.83. The normalized spacial score (nSPS) is 11.4. The standard InChI is InChI=1S/C12H10O3SSe/c13-9-1-3-10(4-2-9)16(14,15)11-5-7-12(17)8-6-11/h1-8,13,17H. The van der Waals surface area contributed by atoms with Crippen LogP contribution in [0.1, 0.15) is 0 Å². The van der Waals surface area contributed by atoms with Gasteiger partial charge in [0.1, 0.15) is 0 Å². The van der Waals surface area contributed by atoms with E-state index in [1.807, 2.05) is 0 Å². The van der Waals surface area contributed by atoms with Crippen molar-refractivity contribution in [2.75, 3.05) is 0 Å². The van der Waals surface area contributed by atoms with E-state index in [-0.39, 0.29) is 15.5 Å². The van der Waals surface area contributed by atoms with Gasteiger partial charge in [-0.3, -0.25) is 0 Å². The summed E-state index contributed by atoms with van der Waals surface area (Å²) < 4.78 is 25.3. The van der Waals surface area contributed by atoms with E-state index >= 15 is 0 Å². The predicted molar refractivity (Wildman–Crippen MR) is 66.8 cm³/mol. The topological polar surface area (TPSA) is 54.4 Å². The average Bonchev–Trinajstić information content (AvgIpc) is 2.30. The van der Waals surface area contributed by atoms with Gasteiger partial charge in [0.2, 0.25) is 0 Å². The van der Waals surface area contributed by atoms with Crippen LogP contribution in [-0.2, 0) is 9.84 Å². The Morgan fingerprint density at radius 3 is 1.71 bits per heavy atom. The fourth-order valence-corrected chi connectivity index (χ4v) is 2.96. The summed E-state index contributed by atoms with van der Waals surface area (Å²) in [4.78, 5) is 0.423. The maximum absolute atomic E-state index is 12.2. The number of benzene rings is 2. The van der Waals surface area contributed by atoms with Crippen molar-refractivity contribution >= 4 is 30.3 Å². The summed E-state index contributed by atoms with van der Waals surface area (Å²) in [6, 6.07) is 12.1. The minimum absolute atomic E-state index is 0.0464. The van der Waals surface area contributed by atoms with Crippen molar-refractivity contribution in [3.8, 4) is 5.75 Å². The number of rotatable bonds is 2. The molecule has 88 valence electrons. The van der Waals surface area contributed by atoms with Gasteiger partial charge in [-0.2, -0.15) is 0 Å². The average molecular weight is 313 g/mol. The van der Waals surface area contributed by atoms with Crippen LogP contribution in [-0.4, -0.2) is 29.5 Å². The van der Waals surface area contributed by atoms with Gasteiger partial charge in [0.15, 0.2) is 0 Å². The van der Waals surface area contributed by atoms with E-state index in [0.29, 0.717) is 0 Å². The molecule has 0 radical (unpaired) electrons. The molecule has 0 amide bonds. The molecule has 0 heterocycles. The Bertz CT molecular complexity index is 564. The number of aromatic hydroxyl groups is 1. The molecule has 0 aliphatic heterocycles. The predicted octanol–water partition coefficient (Wildman–Crippen LogP) is 0.751. The minimum atomic E-state index is -3.49. The van der Waals surface area contributed by atoms with Gasteiger partial charge < -0.3 is 0 Å². The van der Waals surface area contributed by atoms with Gasteiger partial charge in [-0.1, -0.05) is 0 Å². The molecule has 3 nitrogen and oxygen atoms in total. The Morgan fingerprint density at radius 1 is 0.824 bits per heavy atom. The molecule has 5 heteroatoms. The molecular weight excluding hydrogens is 303 g/mol. The van der Waals surface area contributed by atoms with E-state index in [4.69, 9.17) is 5.11 Å². The van der Waals surface area contributed by atoms with Gasteiger partial charge in [0.05, 0.1) is 0 Å². The summed E-state index contributed by atoms with van der Waals surface area (Å²) in [7, 11) is -3.49. The molecule has 0 fully saturated rings. The maximum atomic E-state index is 12.2. The third kappa shape index (κ3) is 2.52. The van der Waals surface area contributed by atoms with Crippen molar-refractivity contribution < 1.29 is 13.5 Å². The molecule has 0 saturated heterocycles. The number of phenols is 1. The van der Waals surface area contributed by atoms with Crippen LogP contribution in [0.5, 0.6) is 5.75 Å². The second-order valence-corrected chi connectivity index (χ2v) is 6.52. The second kappa shape index (κ2) is 4.53. The molecule has 2 aromatic rings. The zero-order chi connectivity index (χ0) is 12.5. The summed E-state index contributed by atoms with van der Waals surface area (Å²) >= 11 is 2.35. The molecule has 0 unspecified atom stereocenters. The van der Waals surface area contributed by atoms with Crippen molar-refractivity contribution in [1.29, 1.82) is 0 Å². The Hall–Kier alpha value is -1.29. The molecule has 0 saturated carbocycles. The van der Waals surface area contributed by atoms with E-state index in [2.05, 4.69) is 16.0 Å². The van der Waals surface area contributed by atoms with Gasteiger partial charge in [-0.25, -0.2) is 0 Å². The zero-order valence-electron chi connectivity index (χ0n) is 8.74. The van der Waals surface area contributed by atoms with Crippen molar-refractivity contribution in [3.63, 3.8) is 0 Å². The molecule has 1 N–H and O–H groups in total. The molecule has 0 atom stereocenters. The van der Waals surface area contributed by atoms with Crippen LogP contribution in [0.15, 0.2) is 58.3 Å². The van der Waals surface area contributed by atoms with E-state index < -0.39 is 9.84 Å². The molecular formula is C12H10O3SSe. The molecule has 2 aromatic carbocycles. The van der Waals surface area contributed by atoms with Crippen LogP contribution in [0.4, 0.5) is 0 Å². The van der Waals surface area contributed by atoms with E-state index in [1.54, 1.807) is 24.3 Å². The van der Waals surface area contributed by atoms with Crippen LogP contribution in [0.3, 0.4) is 0 Å². The van der Waals surface area contributed by atoms with Gasteiger partial charge >= 0.3 is 108 Å². The van der Waals surface area contributed by atoms with Crippen LogP contribution in [0.2, 0.25) is 0 Å².